The van der Waals surface area contributed by atoms with Crippen LogP contribution in [0, 0.1) is 0 Å². The largest absolute Gasteiger partial charge is 0.395 e. The Bertz CT molecular complexity index is 583. The number of anilines is 1. The van der Waals surface area contributed by atoms with Crippen LogP contribution < -0.4 is 10.6 Å². The Hall–Kier alpha value is -1.60. The van der Waals surface area contributed by atoms with Crippen molar-refractivity contribution >= 4 is 21.4 Å². The number of aliphatic hydroxyl groups excluding tert-OH is 1. The number of benzene rings is 1. The fraction of sp³-hybridized carbons (Fsp3) is 0.500. The maximum atomic E-state index is 11.7. The highest BCUT2D eigenvalue weighted by Crippen LogP contribution is 2.18. The van der Waals surface area contributed by atoms with Crippen molar-refractivity contribution in [2.24, 2.45) is 0 Å². The first-order valence-corrected chi connectivity index (χ1v) is 8.78. The second-order valence-corrected chi connectivity index (χ2v) is 7.38. The normalized spacial score (nSPS) is 20.7. The van der Waals surface area contributed by atoms with E-state index in [1.807, 2.05) is 0 Å². The van der Waals surface area contributed by atoms with Gasteiger partial charge < -0.3 is 15.7 Å². The summed E-state index contributed by atoms with van der Waals surface area (Å²) in [4.78, 5) is 11.7. The summed E-state index contributed by atoms with van der Waals surface area (Å²) in [6.45, 7) is 0.125. The summed E-state index contributed by atoms with van der Waals surface area (Å²) >= 11 is 0. The molecule has 0 bridgehead atoms. The van der Waals surface area contributed by atoms with Crippen molar-refractivity contribution in [2.75, 3.05) is 30.0 Å². The molecule has 1 aliphatic rings. The average molecular weight is 312 g/mol. The Balaban J connectivity index is 1.94. The van der Waals surface area contributed by atoms with Crippen molar-refractivity contribution in [3.63, 3.8) is 0 Å². The quantitative estimate of drug-likeness (QED) is 0.731. The first kappa shape index (κ1) is 15.8. The molecule has 7 heteroatoms. The first-order chi connectivity index (χ1) is 10.00. The molecule has 1 amide bonds. The Morgan fingerprint density at radius 3 is 2.62 bits per heavy atom. The second kappa shape index (κ2) is 6.91. The minimum atomic E-state index is -2.93. The highest BCUT2D eigenvalue weighted by atomic mass is 32.2. The van der Waals surface area contributed by atoms with Crippen molar-refractivity contribution in [2.45, 2.75) is 18.9 Å². The Morgan fingerprint density at radius 2 is 2.00 bits per heavy atom. The third-order valence-corrected chi connectivity index (χ3v) is 5.20. The van der Waals surface area contributed by atoms with Crippen molar-refractivity contribution in [3.8, 4) is 0 Å². The molecule has 21 heavy (non-hydrogen) atoms. The lowest BCUT2D eigenvalue weighted by atomic mass is 10.1. The van der Waals surface area contributed by atoms with Crippen molar-refractivity contribution < 1.29 is 18.3 Å². The van der Waals surface area contributed by atoms with Gasteiger partial charge in [-0.25, -0.2) is 8.42 Å². The second-order valence-electron chi connectivity index (χ2n) is 5.15. The highest BCUT2D eigenvalue weighted by molar-refractivity contribution is 7.91. The number of hydrogen-bond acceptors (Lipinski definition) is 5. The third kappa shape index (κ3) is 4.71. The summed E-state index contributed by atoms with van der Waals surface area (Å²) in [5.74, 6) is 0.191. The molecule has 1 saturated heterocycles. The number of aliphatic hydroxyl groups is 1. The summed E-state index contributed by atoms with van der Waals surface area (Å²) in [5.41, 5.74) is 1.31. The van der Waals surface area contributed by atoms with Gasteiger partial charge in [-0.1, -0.05) is 0 Å². The standard InChI is InChI=1S/C14H20N2O4S/c17-8-7-15-14(18)11-3-5-12(6-4-11)16-13-2-1-9-21(19,20)10-13/h3-6,13,16-17H,1-2,7-10H2,(H,15,18). The molecule has 0 aromatic heterocycles. The van der Waals surface area contributed by atoms with E-state index in [1.54, 1.807) is 24.3 Å². The molecule has 2 rings (SSSR count). The average Bonchev–Trinajstić information content (AvgIpc) is 2.44. The van der Waals surface area contributed by atoms with E-state index >= 15 is 0 Å². The number of amides is 1. The molecular formula is C14H20N2O4S. The lowest BCUT2D eigenvalue weighted by molar-refractivity contribution is 0.0945. The van der Waals surface area contributed by atoms with Gasteiger partial charge in [0, 0.05) is 23.8 Å². The van der Waals surface area contributed by atoms with Crippen LogP contribution in [-0.4, -0.2) is 50.1 Å². The Morgan fingerprint density at radius 1 is 1.29 bits per heavy atom. The van der Waals surface area contributed by atoms with Gasteiger partial charge in [0.05, 0.1) is 18.1 Å². The van der Waals surface area contributed by atoms with Crippen molar-refractivity contribution in [1.29, 1.82) is 0 Å². The zero-order valence-corrected chi connectivity index (χ0v) is 12.5. The van der Waals surface area contributed by atoms with E-state index in [2.05, 4.69) is 10.6 Å². The molecule has 0 spiro atoms. The molecule has 1 atom stereocenters. The lowest BCUT2D eigenvalue weighted by Gasteiger charge is -2.24. The van der Waals surface area contributed by atoms with E-state index in [0.717, 1.165) is 12.1 Å². The minimum Gasteiger partial charge on any atom is -0.395 e. The number of rotatable bonds is 5. The van der Waals surface area contributed by atoms with Crippen LogP contribution >= 0.6 is 0 Å². The summed E-state index contributed by atoms with van der Waals surface area (Å²) in [6.07, 6.45) is 1.51. The SMILES string of the molecule is O=C(NCCO)c1ccc(NC2CCCS(=O)(=O)C2)cc1. The van der Waals surface area contributed by atoms with Crippen molar-refractivity contribution in [3.05, 3.63) is 29.8 Å². The molecule has 1 aromatic carbocycles. The molecule has 116 valence electrons. The van der Waals surface area contributed by atoms with Crippen LogP contribution in [0.5, 0.6) is 0 Å². The predicted molar refractivity (Wildman–Crippen MR) is 81.2 cm³/mol. The molecule has 6 nitrogen and oxygen atoms in total. The number of carbonyl (C=O) groups excluding carboxylic acids is 1. The van der Waals surface area contributed by atoms with Crippen LogP contribution in [0.25, 0.3) is 0 Å². The predicted octanol–water partition coefficient (Wildman–Crippen LogP) is 0.398. The van der Waals surface area contributed by atoms with Gasteiger partial charge in [-0.05, 0) is 37.1 Å². The van der Waals surface area contributed by atoms with Crippen LogP contribution in [0.2, 0.25) is 0 Å². The topological polar surface area (TPSA) is 95.5 Å². The number of hydrogen-bond donors (Lipinski definition) is 3. The zero-order valence-electron chi connectivity index (χ0n) is 11.7. The summed E-state index contributed by atoms with van der Waals surface area (Å²) in [7, 11) is -2.93. The van der Waals surface area contributed by atoms with Crippen LogP contribution in [0.1, 0.15) is 23.2 Å². The fourth-order valence-corrected chi connectivity index (χ4v) is 4.00. The molecule has 1 heterocycles. The van der Waals surface area contributed by atoms with Crippen molar-refractivity contribution in [1.82, 2.24) is 5.32 Å². The van der Waals surface area contributed by atoms with Gasteiger partial charge in [0.15, 0.2) is 9.84 Å². The Kier molecular flexibility index (Phi) is 5.19. The molecule has 1 unspecified atom stereocenters. The summed E-state index contributed by atoms with van der Waals surface area (Å²) in [6, 6.07) is 6.79. The Labute approximate surface area is 124 Å². The van der Waals surface area contributed by atoms with Crippen LogP contribution in [-0.2, 0) is 9.84 Å². The molecule has 0 aliphatic carbocycles. The van der Waals surface area contributed by atoms with Crippen LogP contribution in [0.3, 0.4) is 0 Å². The lowest BCUT2D eigenvalue weighted by Crippen LogP contribution is -2.34. The van der Waals surface area contributed by atoms with E-state index < -0.39 is 9.84 Å². The number of sulfone groups is 1. The fourth-order valence-electron chi connectivity index (χ4n) is 2.36. The molecule has 1 aliphatic heterocycles. The van der Waals surface area contributed by atoms with Gasteiger partial charge in [0.25, 0.3) is 5.91 Å². The minimum absolute atomic E-state index is 0.0715. The van der Waals surface area contributed by atoms with Gasteiger partial charge in [-0.2, -0.15) is 0 Å². The molecule has 1 fully saturated rings. The monoisotopic (exact) mass is 312 g/mol. The van der Waals surface area contributed by atoms with Crippen LogP contribution in [0.4, 0.5) is 5.69 Å². The molecule has 0 saturated carbocycles. The number of nitrogens with one attached hydrogen (secondary N) is 2. The van der Waals surface area contributed by atoms with Gasteiger partial charge in [0.2, 0.25) is 0 Å². The maximum Gasteiger partial charge on any atom is 0.251 e. The number of carbonyl (C=O) groups is 1. The molecule has 3 N–H and O–H groups in total. The van der Waals surface area contributed by atoms with E-state index in [9.17, 15) is 13.2 Å². The highest BCUT2D eigenvalue weighted by Gasteiger charge is 2.24. The smallest absolute Gasteiger partial charge is 0.251 e. The van der Waals surface area contributed by atoms with E-state index in [0.29, 0.717) is 12.0 Å². The summed E-state index contributed by atoms with van der Waals surface area (Å²) in [5, 5.41) is 14.4. The van der Waals surface area contributed by atoms with Gasteiger partial charge in [-0.3, -0.25) is 4.79 Å². The third-order valence-electron chi connectivity index (χ3n) is 3.38. The van der Waals surface area contributed by atoms with Gasteiger partial charge >= 0.3 is 0 Å². The first-order valence-electron chi connectivity index (χ1n) is 6.96. The van der Waals surface area contributed by atoms with Gasteiger partial charge in [-0.15, -0.1) is 0 Å². The van der Waals surface area contributed by atoms with E-state index in [-0.39, 0.29) is 36.6 Å². The zero-order chi connectivity index (χ0) is 15.3. The molecule has 0 radical (unpaired) electrons. The molecule has 1 aromatic rings. The van der Waals surface area contributed by atoms with E-state index in [1.165, 1.54) is 0 Å². The van der Waals surface area contributed by atoms with Gasteiger partial charge in [0.1, 0.15) is 0 Å². The van der Waals surface area contributed by atoms with E-state index in [4.69, 9.17) is 5.11 Å². The molecular weight excluding hydrogens is 292 g/mol. The summed E-state index contributed by atoms with van der Waals surface area (Å²) < 4.78 is 23.2. The van der Waals surface area contributed by atoms with Crippen LogP contribution in [0.15, 0.2) is 24.3 Å². The maximum absolute atomic E-state index is 11.7.